The number of esters is 1. The quantitative estimate of drug-likeness (QED) is 0.328. The predicted octanol–water partition coefficient (Wildman–Crippen LogP) is 2.76. The maximum Gasteiger partial charge on any atom is 0.337 e. The summed E-state index contributed by atoms with van der Waals surface area (Å²) < 4.78 is 31.4. The van der Waals surface area contributed by atoms with Crippen molar-refractivity contribution in [1.29, 1.82) is 0 Å². The minimum absolute atomic E-state index is 0.0387. The Hall–Kier alpha value is -2.02. The molecule has 3 rings (SSSR count). The van der Waals surface area contributed by atoms with Gasteiger partial charge in [0.2, 0.25) is 21.1 Å². The number of methoxy groups -OCH3 is 1. The third kappa shape index (κ3) is 6.03. The van der Waals surface area contributed by atoms with Crippen LogP contribution in [0.5, 0.6) is 0 Å². The molecule has 0 aliphatic carbocycles. The van der Waals surface area contributed by atoms with Gasteiger partial charge < -0.3 is 4.74 Å². The number of hydrogen-bond donors (Lipinski definition) is 1. The first-order chi connectivity index (χ1) is 14.8. The van der Waals surface area contributed by atoms with Gasteiger partial charge >= 0.3 is 5.97 Å². The van der Waals surface area contributed by atoms with Crippen LogP contribution in [-0.4, -0.2) is 60.2 Å². The summed E-state index contributed by atoms with van der Waals surface area (Å²) in [7, 11) is -2.09. The number of carbonyl (C=O) groups is 2. The van der Waals surface area contributed by atoms with Gasteiger partial charge in [0, 0.05) is 12.3 Å². The van der Waals surface area contributed by atoms with Gasteiger partial charge in [-0.1, -0.05) is 42.2 Å². The zero-order valence-corrected chi connectivity index (χ0v) is 19.7. The minimum atomic E-state index is -3.43. The summed E-state index contributed by atoms with van der Waals surface area (Å²) in [6.07, 6.45) is 1.67. The Bertz CT molecular complexity index is 1020. The molecule has 1 N–H and O–H groups in total. The molecule has 1 saturated heterocycles. The third-order valence-corrected chi connectivity index (χ3v) is 8.82. The minimum Gasteiger partial charge on any atom is -0.465 e. The van der Waals surface area contributed by atoms with E-state index in [1.165, 1.54) is 34.5 Å². The van der Waals surface area contributed by atoms with Gasteiger partial charge in [-0.15, -0.1) is 10.2 Å². The molecule has 1 atom stereocenters. The van der Waals surface area contributed by atoms with Crippen LogP contribution in [0.4, 0.5) is 5.13 Å². The number of amides is 1. The summed E-state index contributed by atoms with van der Waals surface area (Å²) in [5, 5.41) is 11.1. The van der Waals surface area contributed by atoms with E-state index in [0.29, 0.717) is 46.6 Å². The predicted molar refractivity (Wildman–Crippen MR) is 120 cm³/mol. The Balaban J connectivity index is 1.56. The topological polar surface area (TPSA) is 119 Å². The van der Waals surface area contributed by atoms with E-state index in [1.54, 1.807) is 19.1 Å². The van der Waals surface area contributed by atoms with Gasteiger partial charge in [0.05, 0.1) is 18.4 Å². The number of benzene rings is 1. The van der Waals surface area contributed by atoms with Gasteiger partial charge in [-0.3, -0.25) is 10.1 Å². The van der Waals surface area contributed by atoms with Crippen LogP contribution in [-0.2, 0) is 25.3 Å². The fourth-order valence-electron chi connectivity index (χ4n) is 3.22. The number of rotatable bonds is 9. The lowest BCUT2D eigenvalue weighted by molar-refractivity contribution is -0.119. The molecule has 1 fully saturated rings. The summed E-state index contributed by atoms with van der Waals surface area (Å²) >= 11 is 2.69. The van der Waals surface area contributed by atoms with Crippen LogP contribution in [0.2, 0.25) is 0 Å². The van der Waals surface area contributed by atoms with Gasteiger partial charge in [-0.2, -0.15) is 4.31 Å². The number of nitrogens with zero attached hydrogens (tertiary/aromatic N) is 3. The lowest BCUT2D eigenvalue weighted by atomic mass is 10.1. The Morgan fingerprint density at radius 1 is 1.29 bits per heavy atom. The van der Waals surface area contributed by atoms with Crippen molar-refractivity contribution in [3.8, 4) is 0 Å². The highest BCUT2D eigenvalue weighted by atomic mass is 32.2. The van der Waals surface area contributed by atoms with Crippen LogP contribution in [0.25, 0.3) is 0 Å². The average molecular weight is 485 g/mol. The molecule has 31 heavy (non-hydrogen) atoms. The SMILES string of the molecule is CCCS(=O)(=O)N1CCCC1C(=O)Nc1nnc(SCc2ccc(C(=O)OC)cc2)s1. The molecule has 1 aliphatic heterocycles. The lowest BCUT2D eigenvalue weighted by Gasteiger charge is -2.22. The molecule has 0 bridgehead atoms. The van der Waals surface area contributed by atoms with Crippen LogP contribution in [0.1, 0.15) is 42.1 Å². The number of ether oxygens (including phenoxy) is 1. The monoisotopic (exact) mass is 484 g/mol. The van der Waals surface area contributed by atoms with Gasteiger partial charge in [-0.05, 0) is 37.0 Å². The van der Waals surface area contributed by atoms with Gasteiger partial charge in [-0.25, -0.2) is 13.2 Å². The Kier molecular flexibility index (Phi) is 8.03. The van der Waals surface area contributed by atoms with Crippen molar-refractivity contribution in [2.24, 2.45) is 0 Å². The Labute approximate surface area is 189 Å². The van der Waals surface area contributed by atoms with Crippen molar-refractivity contribution in [3.05, 3.63) is 35.4 Å². The first kappa shape index (κ1) is 23.6. The highest BCUT2D eigenvalue weighted by molar-refractivity contribution is 8.00. The molecular weight excluding hydrogens is 460 g/mol. The van der Waals surface area contributed by atoms with Crippen molar-refractivity contribution in [2.45, 2.75) is 42.3 Å². The molecule has 0 saturated carbocycles. The normalized spacial score (nSPS) is 16.9. The fraction of sp³-hybridized carbons (Fsp3) is 0.474. The molecule has 168 valence electrons. The zero-order valence-electron chi connectivity index (χ0n) is 17.2. The van der Waals surface area contributed by atoms with Crippen molar-refractivity contribution in [3.63, 3.8) is 0 Å². The van der Waals surface area contributed by atoms with E-state index in [0.717, 1.165) is 5.56 Å². The van der Waals surface area contributed by atoms with Gasteiger partial charge in [0.15, 0.2) is 4.34 Å². The van der Waals surface area contributed by atoms with Gasteiger partial charge in [0.25, 0.3) is 0 Å². The molecule has 1 unspecified atom stereocenters. The van der Waals surface area contributed by atoms with E-state index in [4.69, 9.17) is 0 Å². The summed E-state index contributed by atoms with van der Waals surface area (Å²) in [5.74, 6) is -0.0949. The highest BCUT2D eigenvalue weighted by Gasteiger charge is 2.38. The second-order valence-electron chi connectivity index (χ2n) is 6.92. The van der Waals surface area contributed by atoms with E-state index >= 15 is 0 Å². The van der Waals surface area contributed by atoms with E-state index in [9.17, 15) is 18.0 Å². The average Bonchev–Trinajstić information content (AvgIpc) is 3.42. The number of anilines is 1. The number of carbonyl (C=O) groups excluding carboxylic acids is 2. The lowest BCUT2D eigenvalue weighted by Crippen LogP contribution is -2.44. The molecule has 1 aliphatic rings. The number of thioether (sulfide) groups is 1. The van der Waals surface area contributed by atoms with E-state index < -0.39 is 16.1 Å². The summed E-state index contributed by atoms with van der Waals surface area (Å²) in [6, 6.07) is 6.38. The zero-order chi connectivity index (χ0) is 22.4. The molecule has 1 aromatic carbocycles. The van der Waals surface area contributed by atoms with Crippen molar-refractivity contribution < 1.29 is 22.7 Å². The summed E-state index contributed by atoms with van der Waals surface area (Å²) in [4.78, 5) is 24.1. The van der Waals surface area contributed by atoms with Crippen molar-refractivity contribution >= 4 is 50.1 Å². The van der Waals surface area contributed by atoms with E-state index in [2.05, 4.69) is 20.3 Å². The van der Waals surface area contributed by atoms with E-state index in [1.807, 2.05) is 12.1 Å². The molecule has 2 aromatic rings. The molecule has 1 amide bonds. The maximum atomic E-state index is 12.7. The first-order valence-corrected chi connectivity index (χ1v) is 13.2. The van der Waals surface area contributed by atoms with Crippen LogP contribution >= 0.6 is 23.1 Å². The molecule has 9 nitrogen and oxygen atoms in total. The Morgan fingerprint density at radius 3 is 2.71 bits per heavy atom. The van der Waals surface area contributed by atoms with Crippen LogP contribution in [0.3, 0.4) is 0 Å². The van der Waals surface area contributed by atoms with E-state index in [-0.39, 0.29) is 17.6 Å². The van der Waals surface area contributed by atoms with Crippen molar-refractivity contribution in [1.82, 2.24) is 14.5 Å². The molecule has 12 heteroatoms. The summed E-state index contributed by atoms with van der Waals surface area (Å²) in [6.45, 7) is 2.17. The number of aromatic nitrogens is 2. The molecule has 0 spiro atoms. The van der Waals surface area contributed by atoms with Crippen LogP contribution < -0.4 is 5.32 Å². The number of nitrogens with one attached hydrogen (secondary N) is 1. The third-order valence-electron chi connectivity index (χ3n) is 4.70. The second kappa shape index (κ2) is 10.5. The fourth-order valence-corrected chi connectivity index (χ4v) is 6.67. The smallest absolute Gasteiger partial charge is 0.337 e. The standard InChI is InChI=1S/C19H24N4O5S3/c1-3-11-31(26,27)23-10-4-5-15(23)16(24)20-18-21-22-19(30-18)29-12-13-6-8-14(9-7-13)17(25)28-2/h6-9,15H,3-5,10-12H2,1-2H3,(H,20,21,24). The highest BCUT2D eigenvalue weighted by Crippen LogP contribution is 2.29. The largest absolute Gasteiger partial charge is 0.465 e. The molecule has 0 radical (unpaired) electrons. The number of sulfonamides is 1. The molecular formula is C19H24N4O5S3. The van der Waals surface area contributed by atoms with Gasteiger partial charge in [0.1, 0.15) is 6.04 Å². The first-order valence-electron chi connectivity index (χ1n) is 9.78. The van der Waals surface area contributed by atoms with Crippen LogP contribution in [0.15, 0.2) is 28.6 Å². The van der Waals surface area contributed by atoms with Crippen molar-refractivity contribution in [2.75, 3.05) is 24.7 Å². The molecule has 2 heterocycles. The Morgan fingerprint density at radius 2 is 2.03 bits per heavy atom. The summed E-state index contributed by atoms with van der Waals surface area (Å²) in [5.41, 5.74) is 1.49. The molecule has 1 aromatic heterocycles. The number of hydrogen-bond acceptors (Lipinski definition) is 9. The maximum absolute atomic E-state index is 12.7. The second-order valence-corrected chi connectivity index (χ2v) is 11.2. The van der Waals surface area contributed by atoms with Crippen LogP contribution in [0, 0.1) is 0 Å².